The Morgan fingerprint density at radius 2 is 2.19 bits per heavy atom. The van der Waals surface area contributed by atoms with Gasteiger partial charge in [0.2, 0.25) is 0 Å². The van der Waals surface area contributed by atoms with Crippen molar-refractivity contribution in [1.29, 1.82) is 0 Å². The van der Waals surface area contributed by atoms with Gasteiger partial charge in [-0.05, 0) is 43.4 Å². The van der Waals surface area contributed by atoms with Gasteiger partial charge in [0.15, 0.2) is 0 Å². The minimum absolute atomic E-state index is 0.0000694. The number of carbonyl (C=O) groups is 1. The van der Waals surface area contributed by atoms with Gasteiger partial charge in [-0.3, -0.25) is 0 Å². The van der Waals surface area contributed by atoms with Gasteiger partial charge in [0.05, 0.1) is 6.10 Å². The van der Waals surface area contributed by atoms with Gasteiger partial charge in [-0.25, -0.2) is 4.79 Å². The summed E-state index contributed by atoms with van der Waals surface area (Å²) in [5.74, 6) is 1.12. The average molecular weight is 224 g/mol. The van der Waals surface area contributed by atoms with Gasteiger partial charge >= 0.3 is 5.97 Å². The van der Waals surface area contributed by atoms with Gasteiger partial charge in [0, 0.05) is 6.08 Å². The number of ether oxygens (including phenoxy) is 1. The molecule has 16 heavy (non-hydrogen) atoms. The summed E-state index contributed by atoms with van der Waals surface area (Å²) in [4.78, 5) is 11.1. The summed E-state index contributed by atoms with van der Waals surface area (Å²) in [5.41, 5.74) is 0.370. The van der Waals surface area contributed by atoms with Gasteiger partial charge < -0.3 is 4.74 Å². The lowest BCUT2D eigenvalue weighted by atomic mass is 9.74. The molecule has 0 amide bonds. The molecule has 3 unspecified atom stereocenters. The first-order chi connectivity index (χ1) is 7.37. The molecule has 3 atom stereocenters. The summed E-state index contributed by atoms with van der Waals surface area (Å²) >= 11 is 0. The van der Waals surface area contributed by atoms with Crippen LogP contribution in [-0.4, -0.2) is 12.1 Å². The quantitative estimate of drug-likeness (QED) is 0.539. The molecule has 0 aromatic heterocycles. The van der Waals surface area contributed by atoms with Gasteiger partial charge in [-0.2, -0.15) is 0 Å². The SMILES string of the molecule is C=CC(=O)OC(C)CC1CCC(C)C1(C)C. The number of hydrogen-bond acceptors (Lipinski definition) is 2. The van der Waals surface area contributed by atoms with E-state index < -0.39 is 0 Å². The molecule has 0 aromatic rings. The van der Waals surface area contributed by atoms with Crippen molar-refractivity contribution in [3.05, 3.63) is 12.7 Å². The van der Waals surface area contributed by atoms with E-state index in [1.807, 2.05) is 6.92 Å². The Morgan fingerprint density at radius 3 is 2.62 bits per heavy atom. The van der Waals surface area contributed by atoms with E-state index in [9.17, 15) is 4.79 Å². The van der Waals surface area contributed by atoms with E-state index in [0.29, 0.717) is 11.3 Å². The van der Waals surface area contributed by atoms with E-state index in [1.54, 1.807) is 0 Å². The molecule has 92 valence electrons. The van der Waals surface area contributed by atoms with E-state index in [0.717, 1.165) is 12.3 Å². The topological polar surface area (TPSA) is 26.3 Å². The summed E-state index contributed by atoms with van der Waals surface area (Å²) < 4.78 is 5.23. The van der Waals surface area contributed by atoms with Gasteiger partial charge in [0.1, 0.15) is 0 Å². The van der Waals surface area contributed by atoms with Crippen molar-refractivity contribution in [2.24, 2.45) is 17.3 Å². The van der Waals surface area contributed by atoms with Crippen LogP contribution in [0.5, 0.6) is 0 Å². The van der Waals surface area contributed by atoms with Crippen LogP contribution in [0.25, 0.3) is 0 Å². The maximum atomic E-state index is 11.1. The van der Waals surface area contributed by atoms with Crippen LogP contribution in [-0.2, 0) is 9.53 Å². The molecule has 0 spiro atoms. The number of esters is 1. The first-order valence-corrected chi connectivity index (χ1v) is 6.21. The molecule has 1 saturated carbocycles. The zero-order valence-corrected chi connectivity index (χ0v) is 11.0. The van der Waals surface area contributed by atoms with Crippen LogP contribution in [0.2, 0.25) is 0 Å². The van der Waals surface area contributed by atoms with Crippen LogP contribution in [0.3, 0.4) is 0 Å². The van der Waals surface area contributed by atoms with Crippen LogP contribution in [0.15, 0.2) is 12.7 Å². The Kier molecular flexibility index (Phi) is 4.17. The highest BCUT2D eigenvalue weighted by Crippen LogP contribution is 2.49. The van der Waals surface area contributed by atoms with Gasteiger partial charge in [-0.1, -0.05) is 27.4 Å². The van der Waals surface area contributed by atoms with Crippen molar-refractivity contribution in [2.45, 2.75) is 53.1 Å². The molecule has 1 rings (SSSR count). The Bertz CT molecular complexity index is 268. The zero-order chi connectivity index (χ0) is 12.3. The first-order valence-electron chi connectivity index (χ1n) is 6.21. The second-order valence-electron chi connectivity index (χ2n) is 5.68. The summed E-state index contributed by atoms with van der Waals surface area (Å²) in [5, 5.41) is 0. The minimum Gasteiger partial charge on any atom is -0.460 e. The number of hydrogen-bond donors (Lipinski definition) is 0. The Balaban J connectivity index is 2.48. The van der Waals surface area contributed by atoms with Crippen molar-refractivity contribution in [1.82, 2.24) is 0 Å². The number of carbonyl (C=O) groups excluding carboxylic acids is 1. The van der Waals surface area contributed by atoms with Crippen molar-refractivity contribution in [2.75, 3.05) is 0 Å². The monoisotopic (exact) mass is 224 g/mol. The van der Waals surface area contributed by atoms with E-state index in [1.165, 1.54) is 18.9 Å². The van der Waals surface area contributed by atoms with E-state index in [-0.39, 0.29) is 12.1 Å². The smallest absolute Gasteiger partial charge is 0.330 e. The third kappa shape index (κ3) is 2.87. The molecule has 2 heteroatoms. The highest BCUT2D eigenvalue weighted by atomic mass is 16.5. The second kappa shape index (κ2) is 5.03. The van der Waals surface area contributed by atoms with E-state index >= 15 is 0 Å². The summed E-state index contributed by atoms with van der Waals surface area (Å²) in [6.45, 7) is 12.4. The average Bonchev–Trinajstić information content (AvgIpc) is 2.44. The highest BCUT2D eigenvalue weighted by Gasteiger charge is 2.40. The largest absolute Gasteiger partial charge is 0.460 e. The van der Waals surface area contributed by atoms with Gasteiger partial charge in [-0.15, -0.1) is 0 Å². The molecule has 0 bridgehead atoms. The van der Waals surface area contributed by atoms with Crippen LogP contribution in [0, 0.1) is 17.3 Å². The Hall–Kier alpha value is -0.790. The van der Waals surface area contributed by atoms with E-state index in [2.05, 4.69) is 27.4 Å². The maximum absolute atomic E-state index is 11.1. The molecular weight excluding hydrogens is 200 g/mol. The lowest BCUT2D eigenvalue weighted by Crippen LogP contribution is -2.27. The fraction of sp³-hybridized carbons (Fsp3) is 0.786. The zero-order valence-electron chi connectivity index (χ0n) is 11.0. The van der Waals surface area contributed by atoms with Crippen LogP contribution in [0.4, 0.5) is 0 Å². The van der Waals surface area contributed by atoms with Gasteiger partial charge in [0.25, 0.3) is 0 Å². The predicted molar refractivity (Wildman–Crippen MR) is 66.0 cm³/mol. The first kappa shape index (κ1) is 13.3. The van der Waals surface area contributed by atoms with Crippen molar-refractivity contribution in [3.63, 3.8) is 0 Å². The van der Waals surface area contributed by atoms with Crippen molar-refractivity contribution < 1.29 is 9.53 Å². The summed E-state index contributed by atoms with van der Waals surface area (Å²) in [7, 11) is 0. The van der Waals surface area contributed by atoms with Crippen LogP contribution in [0.1, 0.15) is 47.0 Å². The molecule has 0 N–H and O–H groups in total. The maximum Gasteiger partial charge on any atom is 0.330 e. The lowest BCUT2D eigenvalue weighted by molar-refractivity contribution is -0.143. The second-order valence-corrected chi connectivity index (χ2v) is 5.68. The van der Waals surface area contributed by atoms with Crippen molar-refractivity contribution in [3.8, 4) is 0 Å². The van der Waals surface area contributed by atoms with Crippen LogP contribution < -0.4 is 0 Å². The van der Waals surface area contributed by atoms with Crippen molar-refractivity contribution >= 4 is 5.97 Å². The molecule has 0 radical (unpaired) electrons. The number of rotatable bonds is 4. The molecule has 0 heterocycles. The van der Waals surface area contributed by atoms with E-state index in [4.69, 9.17) is 4.74 Å². The third-order valence-corrected chi connectivity index (χ3v) is 4.37. The normalized spacial score (nSPS) is 29.8. The lowest BCUT2D eigenvalue weighted by Gasteiger charge is -2.32. The molecule has 2 nitrogen and oxygen atoms in total. The molecule has 0 saturated heterocycles. The predicted octanol–water partition coefficient (Wildman–Crippen LogP) is 3.57. The minimum atomic E-state index is -0.309. The Morgan fingerprint density at radius 1 is 1.56 bits per heavy atom. The molecular formula is C14H24O2. The molecule has 0 aliphatic heterocycles. The summed E-state index contributed by atoms with van der Waals surface area (Å²) in [6, 6.07) is 0. The summed E-state index contributed by atoms with van der Waals surface area (Å²) in [6.07, 6.45) is 4.75. The fourth-order valence-corrected chi connectivity index (χ4v) is 2.71. The third-order valence-electron chi connectivity index (χ3n) is 4.37. The molecule has 1 fully saturated rings. The highest BCUT2D eigenvalue weighted by molar-refractivity contribution is 5.81. The van der Waals surface area contributed by atoms with Crippen LogP contribution >= 0.6 is 0 Å². The molecule has 1 aliphatic carbocycles. The standard InChI is InChI=1S/C14H24O2/c1-6-13(15)16-11(3)9-12-8-7-10(2)14(12,4)5/h6,10-12H,1,7-9H2,2-5H3. The fourth-order valence-electron chi connectivity index (χ4n) is 2.71. The molecule has 0 aromatic carbocycles. The Labute approximate surface area is 99.1 Å². The molecule has 1 aliphatic rings.